The summed E-state index contributed by atoms with van der Waals surface area (Å²) in [6.45, 7) is 5.95. The number of nitrogens with zero attached hydrogens (tertiary/aromatic N) is 2. The summed E-state index contributed by atoms with van der Waals surface area (Å²) < 4.78 is 13.7. The van der Waals surface area contributed by atoms with Gasteiger partial charge in [-0.25, -0.2) is 9.79 Å². The molecule has 1 aliphatic rings. The number of hydrogen-bond donors (Lipinski definition) is 1. The quantitative estimate of drug-likeness (QED) is 0.480. The van der Waals surface area contributed by atoms with Crippen LogP contribution in [0, 0.1) is 0 Å². The largest absolute Gasteiger partial charge is 0.504 e. The molecule has 0 amide bonds. The van der Waals surface area contributed by atoms with E-state index in [9.17, 15) is 14.7 Å². The van der Waals surface area contributed by atoms with Gasteiger partial charge in [-0.15, -0.1) is 0 Å². The summed E-state index contributed by atoms with van der Waals surface area (Å²) in [6.07, 6.45) is 1.73. The number of fused-ring (bicyclic) bond motifs is 1. The molecule has 0 saturated carbocycles. The normalized spacial score (nSPS) is 15.6. The molecule has 176 valence electrons. The fourth-order valence-corrected chi connectivity index (χ4v) is 5.11. The van der Waals surface area contributed by atoms with Crippen LogP contribution in [-0.4, -0.2) is 28.9 Å². The number of allylic oxidation sites excluding steroid dienone is 1. The molecule has 9 heteroatoms. The molecule has 0 radical (unpaired) electrons. The number of esters is 1. The van der Waals surface area contributed by atoms with Crippen molar-refractivity contribution in [1.29, 1.82) is 0 Å². The van der Waals surface area contributed by atoms with E-state index in [1.165, 1.54) is 17.4 Å². The number of aromatic nitrogens is 1. The zero-order chi connectivity index (χ0) is 24.4. The zero-order valence-electron chi connectivity index (χ0n) is 18.9. The maximum atomic E-state index is 13.6. The van der Waals surface area contributed by atoms with Crippen molar-refractivity contribution in [2.75, 3.05) is 13.2 Å². The number of ether oxygens (including phenoxy) is 2. The van der Waals surface area contributed by atoms with Crippen molar-refractivity contribution < 1.29 is 19.4 Å². The van der Waals surface area contributed by atoms with Gasteiger partial charge in [0.25, 0.3) is 5.56 Å². The monoisotopic (exact) mass is 542 g/mol. The predicted octanol–water partition coefficient (Wildman–Crippen LogP) is 3.67. The van der Waals surface area contributed by atoms with E-state index >= 15 is 0 Å². The number of carbonyl (C=O) groups excluding carboxylic acids is 1. The molecule has 2 heterocycles. The van der Waals surface area contributed by atoms with Gasteiger partial charge in [0.15, 0.2) is 16.3 Å². The summed E-state index contributed by atoms with van der Waals surface area (Å²) >= 11 is 4.68. The Morgan fingerprint density at radius 3 is 2.62 bits per heavy atom. The molecule has 0 spiro atoms. The summed E-state index contributed by atoms with van der Waals surface area (Å²) in [5.74, 6) is -0.117. The van der Waals surface area contributed by atoms with Crippen LogP contribution in [0.25, 0.3) is 6.08 Å². The summed E-state index contributed by atoms with van der Waals surface area (Å²) in [6, 6.07) is 11.7. The molecule has 3 aromatic rings. The van der Waals surface area contributed by atoms with Crippen LogP contribution in [0.5, 0.6) is 11.5 Å². The number of rotatable bonds is 6. The fourth-order valence-electron chi connectivity index (χ4n) is 3.79. The lowest BCUT2D eigenvalue weighted by Gasteiger charge is -2.24. The Hall–Kier alpha value is -3.17. The van der Waals surface area contributed by atoms with Crippen LogP contribution in [0.15, 0.2) is 68.0 Å². The summed E-state index contributed by atoms with van der Waals surface area (Å²) in [5, 5.41) is 9.98. The van der Waals surface area contributed by atoms with Crippen molar-refractivity contribution in [3.8, 4) is 11.5 Å². The van der Waals surface area contributed by atoms with E-state index in [4.69, 9.17) is 9.47 Å². The van der Waals surface area contributed by atoms with Gasteiger partial charge in [-0.2, -0.15) is 0 Å². The summed E-state index contributed by atoms with van der Waals surface area (Å²) in [7, 11) is 0. The van der Waals surface area contributed by atoms with Crippen LogP contribution in [0.2, 0.25) is 0 Å². The van der Waals surface area contributed by atoms with Crippen molar-refractivity contribution in [3.05, 3.63) is 89.0 Å². The number of phenols is 1. The molecule has 0 saturated heterocycles. The molecule has 2 aromatic carbocycles. The first kappa shape index (κ1) is 24.0. The number of hydrogen-bond acceptors (Lipinski definition) is 7. The van der Waals surface area contributed by atoms with E-state index in [-0.39, 0.29) is 17.9 Å². The van der Waals surface area contributed by atoms with Gasteiger partial charge < -0.3 is 14.6 Å². The van der Waals surface area contributed by atoms with Gasteiger partial charge in [-0.1, -0.05) is 45.5 Å². The molecule has 1 aliphatic heterocycles. The summed E-state index contributed by atoms with van der Waals surface area (Å²) in [5.41, 5.74) is 2.07. The smallest absolute Gasteiger partial charge is 0.338 e. The zero-order valence-corrected chi connectivity index (χ0v) is 21.3. The summed E-state index contributed by atoms with van der Waals surface area (Å²) in [4.78, 5) is 31.6. The standard InChI is InChI=1S/C25H23BrN2O5S/c1-4-32-19-12-15(6-11-18(19)29)13-20-23(30)28-22(16-7-9-17(26)10-8-16)21(24(31)33-5-2)14(3)27-25(28)34-20/h6-13,22,29H,4-5H2,1-3H3/b20-13-/t22-/m0/s1. The Kier molecular flexibility index (Phi) is 7.04. The average molecular weight is 543 g/mol. The van der Waals surface area contributed by atoms with Crippen molar-refractivity contribution in [1.82, 2.24) is 4.57 Å². The molecule has 34 heavy (non-hydrogen) atoms. The van der Waals surface area contributed by atoms with Gasteiger partial charge in [-0.05, 0) is 62.2 Å². The molecule has 1 atom stereocenters. The van der Waals surface area contributed by atoms with Crippen LogP contribution in [0.3, 0.4) is 0 Å². The highest BCUT2D eigenvalue weighted by atomic mass is 79.9. The third-order valence-corrected chi connectivity index (χ3v) is 6.80. The van der Waals surface area contributed by atoms with Gasteiger partial charge >= 0.3 is 5.97 Å². The molecule has 7 nitrogen and oxygen atoms in total. The number of benzene rings is 2. The first-order valence-electron chi connectivity index (χ1n) is 10.7. The Bertz CT molecular complexity index is 1450. The van der Waals surface area contributed by atoms with Crippen molar-refractivity contribution in [3.63, 3.8) is 0 Å². The molecule has 1 N–H and O–H groups in total. The Morgan fingerprint density at radius 2 is 1.94 bits per heavy atom. The van der Waals surface area contributed by atoms with Crippen molar-refractivity contribution >= 4 is 39.3 Å². The highest BCUT2D eigenvalue weighted by molar-refractivity contribution is 9.10. The van der Waals surface area contributed by atoms with Crippen LogP contribution < -0.4 is 19.6 Å². The minimum Gasteiger partial charge on any atom is -0.504 e. The van der Waals surface area contributed by atoms with Gasteiger partial charge in [-0.3, -0.25) is 9.36 Å². The molecule has 0 unspecified atom stereocenters. The second kappa shape index (κ2) is 9.99. The SMILES string of the molecule is CCOC(=O)C1=C(C)N=c2s/c(=C\c3ccc(O)c(OCC)c3)c(=O)n2[C@H]1c1ccc(Br)cc1. The molecule has 0 aliphatic carbocycles. The minimum atomic E-state index is -0.663. The van der Waals surface area contributed by atoms with Crippen LogP contribution in [-0.2, 0) is 9.53 Å². The first-order valence-corrected chi connectivity index (χ1v) is 12.4. The van der Waals surface area contributed by atoms with Gasteiger partial charge in [0.2, 0.25) is 0 Å². The third-order valence-electron chi connectivity index (χ3n) is 5.28. The highest BCUT2D eigenvalue weighted by Crippen LogP contribution is 2.31. The molecule has 1 aromatic heterocycles. The number of halogens is 1. The number of phenolic OH excluding ortho intramolecular Hbond substituents is 1. The molecular weight excluding hydrogens is 520 g/mol. The lowest BCUT2D eigenvalue weighted by atomic mass is 9.96. The Morgan fingerprint density at radius 1 is 1.21 bits per heavy atom. The maximum Gasteiger partial charge on any atom is 0.338 e. The van der Waals surface area contributed by atoms with Crippen LogP contribution in [0.4, 0.5) is 0 Å². The second-order valence-corrected chi connectivity index (χ2v) is 9.44. The minimum absolute atomic E-state index is 0.0328. The second-order valence-electron chi connectivity index (χ2n) is 7.51. The van der Waals surface area contributed by atoms with E-state index in [0.717, 1.165) is 10.0 Å². The Labute approximate surface area is 208 Å². The topological polar surface area (TPSA) is 90.1 Å². The van der Waals surface area contributed by atoms with Gasteiger partial charge in [0.05, 0.1) is 35.1 Å². The van der Waals surface area contributed by atoms with Crippen LogP contribution >= 0.6 is 27.3 Å². The molecule has 4 rings (SSSR count). The molecular formula is C25H23BrN2O5S. The predicted molar refractivity (Wildman–Crippen MR) is 134 cm³/mol. The average Bonchev–Trinajstić information content (AvgIpc) is 3.10. The number of thiazole rings is 1. The Balaban J connectivity index is 1.91. The lowest BCUT2D eigenvalue weighted by molar-refractivity contribution is -0.139. The van der Waals surface area contributed by atoms with Gasteiger partial charge in [0, 0.05) is 4.47 Å². The van der Waals surface area contributed by atoms with Gasteiger partial charge in [0.1, 0.15) is 0 Å². The van der Waals surface area contributed by atoms with Crippen LogP contribution in [0.1, 0.15) is 37.9 Å². The van der Waals surface area contributed by atoms with E-state index in [0.29, 0.717) is 38.5 Å². The number of carbonyl (C=O) groups is 1. The molecule has 0 bridgehead atoms. The van der Waals surface area contributed by atoms with E-state index in [1.807, 2.05) is 31.2 Å². The van der Waals surface area contributed by atoms with Crippen molar-refractivity contribution in [2.24, 2.45) is 4.99 Å². The fraction of sp³-hybridized carbons (Fsp3) is 0.240. The maximum absolute atomic E-state index is 13.6. The highest BCUT2D eigenvalue weighted by Gasteiger charge is 2.33. The molecule has 0 fully saturated rings. The first-order chi connectivity index (χ1) is 16.3. The third kappa shape index (κ3) is 4.58. The van der Waals surface area contributed by atoms with E-state index < -0.39 is 12.0 Å². The van der Waals surface area contributed by atoms with E-state index in [1.54, 1.807) is 36.6 Å². The van der Waals surface area contributed by atoms with E-state index in [2.05, 4.69) is 20.9 Å². The van der Waals surface area contributed by atoms with Crippen molar-refractivity contribution in [2.45, 2.75) is 26.8 Å². The number of aromatic hydroxyl groups is 1. The lowest BCUT2D eigenvalue weighted by Crippen LogP contribution is -2.39.